The monoisotopic (exact) mass is 214 g/mol. The molecule has 2 rings (SSSR count). The molecule has 2 atom stereocenters. The number of halogens is 1. The van der Waals surface area contributed by atoms with Crippen LogP contribution in [0, 0.1) is 17.2 Å². The first-order valence-electron chi connectivity index (χ1n) is 5.17. The van der Waals surface area contributed by atoms with Crippen molar-refractivity contribution in [2.75, 3.05) is 26.2 Å². The van der Waals surface area contributed by atoms with Gasteiger partial charge in [-0.15, -0.1) is 11.6 Å². The number of morpholine rings is 1. The van der Waals surface area contributed by atoms with Crippen molar-refractivity contribution in [2.24, 2.45) is 5.92 Å². The third-order valence-electron chi connectivity index (χ3n) is 2.88. The van der Waals surface area contributed by atoms with Gasteiger partial charge in [0.2, 0.25) is 0 Å². The van der Waals surface area contributed by atoms with E-state index in [2.05, 4.69) is 11.0 Å². The van der Waals surface area contributed by atoms with E-state index in [-0.39, 0.29) is 5.38 Å². The number of ether oxygens (including phenoxy) is 1. The number of nitrogens with zero attached hydrogens (tertiary/aromatic N) is 2. The Bertz CT molecular complexity index is 237. The molecule has 4 heteroatoms. The van der Waals surface area contributed by atoms with E-state index in [9.17, 15) is 0 Å². The van der Waals surface area contributed by atoms with Crippen molar-refractivity contribution < 1.29 is 4.74 Å². The lowest BCUT2D eigenvalue weighted by Gasteiger charge is -2.33. The number of nitriles is 1. The Labute approximate surface area is 89.6 Å². The van der Waals surface area contributed by atoms with Gasteiger partial charge < -0.3 is 4.74 Å². The van der Waals surface area contributed by atoms with Crippen LogP contribution in [-0.2, 0) is 4.74 Å². The summed E-state index contributed by atoms with van der Waals surface area (Å²) < 4.78 is 5.68. The summed E-state index contributed by atoms with van der Waals surface area (Å²) in [5.41, 5.74) is 0. The van der Waals surface area contributed by atoms with Crippen LogP contribution in [0.1, 0.15) is 12.8 Å². The van der Waals surface area contributed by atoms with Crippen molar-refractivity contribution in [3.05, 3.63) is 0 Å². The molecule has 0 aromatic rings. The Morgan fingerprint density at radius 3 is 3.00 bits per heavy atom. The van der Waals surface area contributed by atoms with Crippen LogP contribution >= 0.6 is 11.6 Å². The number of hydrogen-bond acceptors (Lipinski definition) is 3. The normalized spacial score (nSPS) is 31.0. The Balaban J connectivity index is 1.78. The quantitative estimate of drug-likeness (QED) is 0.663. The van der Waals surface area contributed by atoms with Crippen molar-refractivity contribution in [3.63, 3.8) is 0 Å². The van der Waals surface area contributed by atoms with Crippen molar-refractivity contribution >= 4 is 11.6 Å². The maximum absolute atomic E-state index is 8.61. The Hall–Kier alpha value is -0.300. The average Bonchev–Trinajstić information content (AvgIpc) is 3.01. The molecule has 1 aliphatic heterocycles. The lowest BCUT2D eigenvalue weighted by Crippen LogP contribution is -2.45. The molecule has 78 valence electrons. The lowest BCUT2D eigenvalue weighted by atomic mass is 10.2. The minimum Gasteiger partial charge on any atom is -0.375 e. The molecule has 2 fully saturated rings. The highest BCUT2D eigenvalue weighted by Gasteiger charge is 2.35. The van der Waals surface area contributed by atoms with E-state index in [1.807, 2.05) is 0 Å². The summed E-state index contributed by atoms with van der Waals surface area (Å²) in [5.74, 6) is 0.772. The predicted octanol–water partition coefficient (Wildman–Crippen LogP) is 1.23. The van der Waals surface area contributed by atoms with E-state index in [4.69, 9.17) is 21.6 Å². The zero-order chi connectivity index (χ0) is 9.97. The summed E-state index contributed by atoms with van der Waals surface area (Å²) in [4.78, 5) is 2.24. The summed E-state index contributed by atoms with van der Waals surface area (Å²) in [6, 6.07) is 2.05. The molecule has 0 spiro atoms. The van der Waals surface area contributed by atoms with Gasteiger partial charge in [0, 0.05) is 19.6 Å². The Morgan fingerprint density at radius 2 is 2.36 bits per heavy atom. The molecule has 0 radical (unpaired) electrons. The third-order valence-corrected chi connectivity index (χ3v) is 3.12. The van der Waals surface area contributed by atoms with Gasteiger partial charge in [0.05, 0.1) is 18.8 Å². The minimum atomic E-state index is -0.382. The second kappa shape index (κ2) is 4.48. The standard InChI is InChI=1S/C10H15ClN2O/c11-9(5-12)6-13-3-4-14-10(7-13)8-1-2-8/h8-10H,1-4,6-7H2. The molecule has 1 saturated carbocycles. The van der Waals surface area contributed by atoms with Crippen LogP contribution < -0.4 is 0 Å². The van der Waals surface area contributed by atoms with Crippen molar-refractivity contribution in [2.45, 2.75) is 24.3 Å². The first kappa shape index (κ1) is 10.2. The van der Waals surface area contributed by atoms with Crippen LogP contribution in [0.5, 0.6) is 0 Å². The van der Waals surface area contributed by atoms with Gasteiger partial charge in [0.1, 0.15) is 5.38 Å². The molecule has 14 heavy (non-hydrogen) atoms. The van der Waals surface area contributed by atoms with Crippen LogP contribution in [0.3, 0.4) is 0 Å². The fourth-order valence-corrected chi connectivity index (χ4v) is 2.11. The molecule has 0 aromatic heterocycles. The maximum Gasteiger partial charge on any atom is 0.133 e. The van der Waals surface area contributed by atoms with Gasteiger partial charge in [-0.1, -0.05) is 0 Å². The molecular formula is C10H15ClN2O. The van der Waals surface area contributed by atoms with E-state index < -0.39 is 0 Å². The van der Waals surface area contributed by atoms with E-state index in [0.717, 1.165) is 25.6 Å². The van der Waals surface area contributed by atoms with E-state index in [1.165, 1.54) is 12.8 Å². The van der Waals surface area contributed by atoms with Crippen molar-refractivity contribution in [1.82, 2.24) is 4.90 Å². The molecule has 0 bridgehead atoms. The van der Waals surface area contributed by atoms with E-state index >= 15 is 0 Å². The van der Waals surface area contributed by atoms with Crippen LogP contribution in [0.2, 0.25) is 0 Å². The Kier molecular flexibility index (Phi) is 3.27. The molecular weight excluding hydrogens is 200 g/mol. The maximum atomic E-state index is 8.61. The summed E-state index contributed by atoms with van der Waals surface area (Å²) in [5, 5.41) is 8.23. The fraction of sp³-hybridized carbons (Fsp3) is 0.900. The zero-order valence-corrected chi connectivity index (χ0v) is 8.91. The summed E-state index contributed by atoms with van der Waals surface area (Å²) in [6.45, 7) is 3.32. The number of rotatable bonds is 3. The van der Waals surface area contributed by atoms with E-state index in [1.54, 1.807) is 0 Å². The topological polar surface area (TPSA) is 36.3 Å². The van der Waals surface area contributed by atoms with Gasteiger partial charge in [0.25, 0.3) is 0 Å². The lowest BCUT2D eigenvalue weighted by molar-refractivity contribution is -0.0381. The first-order chi connectivity index (χ1) is 6.79. The van der Waals surface area contributed by atoms with Gasteiger partial charge in [-0.05, 0) is 18.8 Å². The summed E-state index contributed by atoms with van der Waals surface area (Å²) in [7, 11) is 0. The van der Waals surface area contributed by atoms with Gasteiger partial charge in [-0.25, -0.2) is 0 Å². The highest BCUT2D eigenvalue weighted by Crippen LogP contribution is 2.35. The van der Waals surface area contributed by atoms with Crippen molar-refractivity contribution in [3.8, 4) is 6.07 Å². The second-order valence-corrected chi connectivity index (χ2v) is 4.63. The molecule has 1 saturated heterocycles. The van der Waals surface area contributed by atoms with Gasteiger partial charge >= 0.3 is 0 Å². The van der Waals surface area contributed by atoms with Crippen molar-refractivity contribution in [1.29, 1.82) is 5.26 Å². The van der Waals surface area contributed by atoms with E-state index in [0.29, 0.717) is 12.6 Å². The fourth-order valence-electron chi connectivity index (χ4n) is 1.92. The number of alkyl halides is 1. The first-order valence-corrected chi connectivity index (χ1v) is 5.61. The van der Waals surface area contributed by atoms with Crippen LogP contribution in [-0.4, -0.2) is 42.6 Å². The Morgan fingerprint density at radius 1 is 1.57 bits per heavy atom. The van der Waals surface area contributed by atoms with Gasteiger partial charge in [-0.2, -0.15) is 5.26 Å². The van der Waals surface area contributed by atoms with Crippen LogP contribution in [0.15, 0.2) is 0 Å². The van der Waals surface area contributed by atoms with Gasteiger partial charge in [0.15, 0.2) is 0 Å². The molecule has 3 nitrogen and oxygen atoms in total. The third kappa shape index (κ3) is 2.60. The summed E-state index contributed by atoms with van der Waals surface area (Å²) >= 11 is 5.80. The van der Waals surface area contributed by atoms with Crippen LogP contribution in [0.25, 0.3) is 0 Å². The molecule has 0 N–H and O–H groups in total. The predicted molar refractivity (Wildman–Crippen MR) is 54.2 cm³/mol. The van der Waals surface area contributed by atoms with Crippen LogP contribution in [0.4, 0.5) is 0 Å². The molecule has 1 aliphatic carbocycles. The second-order valence-electron chi connectivity index (χ2n) is 4.10. The molecule has 1 heterocycles. The number of hydrogen-bond donors (Lipinski definition) is 0. The molecule has 0 aromatic carbocycles. The highest BCUT2D eigenvalue weighted by molar-refractivity contribution is 6.22. The zero-order valence-electron chi connectivity index (χ0n) is 8.16. The SMILES string of the molecule is N#CC(Cl)CN1CCOC(C2CC2)C1. The van der Waals surface area contributed by atoms with Gasteiger partial charge in [-0.3, -0.25) is 4.90 Å². The minimum absolute atomic E-state index is 0.382. The largest absolute Gasteiger partial charge is 0.375 e. The smallest absolute Gasteiger partial charge is 0.133 e. The summed E-state index contributed by atoms with van der Waals surface area (Å²) in [6.07, 6.45) is 3.01. The average molecular weight is 215 g/mol. The highest BCUT2D eigenvalue weighted by atomic mass is 35.5. The molecule has 2 unspecified atom stereocenters. The molecule has 2 aliphatic rings. The molecule has 0 amide bonds.